The van der Waals surface area contributed by atoms with Crippen molar-refractivity contribution in [2.75, 3.05) is 0 Å². The van der Waals surface area contributed by atoms with E-state index in [0.717, 1.165) is 51.9 Å². The number of ketones is 1. The molecule has 170 valence electrons. The molecule has 30 heavy (non-hydrogen) atoms. The first-order chi connectivity index (χ1) is 13.8. The van der Waals surface area contributed by atoms with Crippen molar-refractivity contribution >= 4 is 5.78 Å². The van der Waals surface area contributed by atoms with E-state index in [1.54, 1.807) is 0 Å². The van der Waals surface area contributed by atoms with E-state index in [2.05, 4.69) is 19.9 Å². The van der Waals surface area contributed by atoms with Crippen molar-refractivity contribution in [3.63, 3.8) is 0 Å². The van der Waals surface area contributed by atoms with Gasteiger partial charge in [0.1, 0.15) is 0 Å². The maximum absolute atomic E-state index is 14.2. The molecule has 0 saturated heterocycles. The van der Waals surface area contributed by atoms with Gasteiger partial charge in [-0.2, -0.15) is 8.78 Å². The number of allylic oxidation sites excluding steroid dienone is 1. The predicted octanol–water partition coefficient (Wildman–Crippen LogP) is 6.57. The number of hydrogen-bond acceptors (Lipinski definition) is 2. The third kappa shape index (κ3) is 3.40. The van der Waals surface area contributed by atoms with Crippen molar-refractivity contribution in [3.8, 4) is 0 Å². The number of carbonyl (C=O) groups is 1. The van der Waals surface area contributed by atoms with Gasteiger partial charge in [-0.05, 0) is 98.7 Å². The summed E-state index contributed by atoms with van der Waals surface area (Å²) in [4.78, 5) is 11.4. The topological polar surface area (TPSA) is 37.3 Å². The SMILES string of the molecule is CC(=O)C(F)(F)C[C@@H](C)[C@H]1CC[C@H]2[C@@H]3CC=C4C[C@@](C)(O)CCC4(C)[C@H]3CC[C@]12C. The highest BCUT2D eigenvalue weighted by Crippen LogP contribution is 2.67. The van der Waals surface area contributed by atoms with Crippen molar-refractivity contribution in [2.24, 2.45) is 40.4 Å². The van der Waals surface area contributed by atoms with Gasteiger partial charge in [0, 0.05) is 13.3 Å². The molecule has 4 aliphatic carbocycles. The Hall–Kier alpha value is -0.770. The summed E-state index contributed by atoms with van der Waals surface area (Å²) in [5.41, 5.74) is 1.19. The van der Waals surface area contributed by atoms with Gasteiger partial charge in [0.25, 0.3) is 0 Å². The van der Waals surface area contributed by atoms with Crippen molar-refractivity contribution in [2.45, 2.75) is 104 Å². The Balaban J connectivity index is 1.56. The molecule has 4 aliphatic rings. The van der Waals surface area contributed by atoms with Crippen LogP contribution >= 0.6 is 0 Å². The number of alkyl halides is 2. The van der Waals surface area contributed by atoms with Crippen LogP contribution in [0.1, 0.15) is 92.4 Å². The molecule has 1 unspecified atom stereocenters. The Bertz CT molecular complexity index is 741. The van der Waals surface area contributed by atoms with Crippen LogP contribution in [0.25, 0.3) is 0 Å². The van der Waals surface area contributed by atoms with Gasteiger partial charge in [0.2, 0.25) is 0 Å². The van der Waals surface area contributed by atoms with Crippen molar-refractivity contribution in [1.29, 1.82) is 0 Å². The fourth-order valence-electron chi connectivity index (χ4n) is 8.47. The van der Waals surface area contributed by atoms with E-state index in [1.165, 1.54) is 12.0 Å². The lowest BCUT2D eigenvalue weighted by molar-refractivity contribution is -0.144. The first kappa shape index (κ1) is 22.4. The van der Waals surface area contributed by atoms with Crippen molar-refractivity contribution < 1.29 is 18.7 Å². The molecule has 1 N–H and O–H groups in total. The first-order valence-electron chi connectivity index (χ1n) is 12.1. The molecule has 0 spiro atoms. The fraction of sp³-hybridized carbons (Fsp3) is 0.885. The molecule has 4 rings (SSSR count). The lowest BCUT2D eigenvalue weighted by Crippen LogP contribution is -2.52. The van der Waals surface area contributed by atoms with Crippen LogP contribution in [0.5, 0.6) is 0 Å². The van der Waals surface area contributed by atoms with Crippen LogP contribution in [-0.4, -0.2) is 22.4 Å². The normalized spacial score (nSPS) is 47.0. The van der Waals surface area contributed by atoms with Crippen LogP contribution in [0.3, 0.4) is 0 Å². The third-order valence-corrected chi connectivity index (χ3v) is 10.2. The molecular formula is C26H40F2O2. The molecule has 0 amide bonds. The summed E-state index contributed by atoms with van der Waals surface area (Å²) < 4.78 is 28.4. The number of hydrogen-bond donors (Lipinski definition) is 1. The highest BCUT2D eigenvalue weighted by Gasteiger charge is 2.60. The van der Waals surface area contributed by atoms with E-state index in [1.807, 2.05) is 13.8 Å². The zero-order chi connectivity index (χ0) is 22.1. The zero-order valence-electron chi connectivity index (χ0n) is 19.4. The van der Waals surface area contributed by atoms with Crippen LogP contribution in [0.2, 0.25) is 0 Å². The van der Waals surface area contributed by atoms with Gasteiger partial charge in [-0.3, -0.25) is 4.79 Å². The third-order valence-electron chi connectivity index (χ3n) is 10.2. The standard InChI is InChI=1S/C26H40F2O2/c1-16(14-26(27,28)17(2)29)20-8-9-21-19-7-6-18-15-23(3,30)12-13-24(18,4)22(19)10-11-25(20,21)5/h6,16,19-22,30H,7-15H2,1-5H3/t16-,19+,20-,21+,22+,23+,24?,25-/m1/s1. The molecule has 3 saturated carbocycles. The number of halogens is 2. The minimum Gasteiger partial charge on any atom is -0.390 e. The van der Waals surface area contributed by atoms with Gasteiger partial charge in [-0.1, -0.05) is 32.4 Å². The number of rotatable bonds is 4. The maximum atomic E-state index is 14.2. The molecule has 3 fully saturated rings. The lowest BCUT2D eigenvalue weighted by Gasteiger charge is -2.59. The van der Waals surface area contributed by atoms with E-state index in [4.69, 9.17) is 0 Å². The van der Waals surface area contributed by atoms with Gasteiger partial charge >= 0.3 is 5.92 Å². The quantitative estimate of drug-likeness (QED) is 0.521. The summed E-state index contributed by atoms with van der Waals surface area (Å²) in [7, 11) is 0. The summed E-state index contributed by atoms with van der Waals surface area (Å²) in [5.74, 6) is -2.18. The van der Waals surface area contributed by atoms with Crippen LogP contribution in [0.15, 0.2) is 11.6 Å². The van der Waals surface area contributed by atoms with Crippen LogP contribution in [0, 0.1) is 40.4 Å². The molecule has 0 aromatic heterocycles. The molecule has 0 radical (unpaired) electrons. The Morgan fingerprint density at radius 2 is 1.87 bits per heavy atom. The molecule has 0 aromatic carbocycles. The molecule has 0 aromatic rings. The maximum Gasteiger partial charge on any atom is 0.305 e. The van der Waals surface area contributed by atoms with Crippen molar-refractivity contribution in [3.05, 3.63) is 11.6 Å². The second-order valence-corrected chi connectivity index (χ2v) is 12.1. The van der Waals surface area contributed by atoms with E-state index in [9.17, 15) is 18.7 Å². The summed E-state index contributed by atoms with van der Waals surface area (Å²) in [6.45, 7) is 9.73. The average Bonchev–Trinajstić information content (AvgIpc) is 2.99. The lowest BCUT2D eigenvalue weighted by atomic mass is 9.46. The van der Waals surface area contributed by atoms with Gasteiger partial charge < -0.3 is 5.11 Å². The number of aliphatic hydroxyl groups is 1. The molecular weight excluding hydrogens is 382 g/mol. The minimum atomic E-state index is -3.19. The van der Waals surface area contributed by atoms with Gasteiger partial charge in [0.05, 0.1) is 5.60 Å². The van der Waals surface area contributed by atoms with Gasteiger partial charge in [0.15, 0.2) is 5.78 Å². The minimum absolute atomic E-state index is 0.106. The summed E-state index contributed by atoms with van der Waals surface area (Å²) >= 11 is 0. The highest BCUT2D eigenvalue weighted by molar-refractivity contribution is 5.82. The van der Waals surface area contributed by atoms with Crippen LogP contribution in [-0.2, 0) is 4.79 Å². The Labute approximate surface area is 180 Å². The second-order valence-electron chi connectivity index (χ2n) is 12.1. The van der Waals surface area contributed by atoms with Crippen molar-refractivity contribution in [1.82, 2.24) is 0 Å². The van der Waals surface area contributed by atoms with Gasteiger partial charge in [-0.25, -0.2) is 0 Å². The van der Waals surface area contributed by atoms with E-state index >= 15 is 0 Å². The fourth-order valence-corrected chi connectivity index (χ4v) is 8.47. The molecule has 8 atom stereocenters. The molecule has 0 aliphatic heterocycles. The van der Waals surface area contributed by atoms with E-state index in [-0.39, 0.29) is 29.1 Å². The Morgan fingerprint density at radius 1 is 1.17 bits per heavy atom. The summed E-state index contributed by atoms with van der Waals surface area (Å²) in [6.07, 6.45) is 10.4. The molecule has 0 heterocycles. The highest BCUT2D eigenvalue weighted by atomic mass is 19.3. The summed E-state index contributed by atoms with van der Waals surface area (Å²) in [5, 5.41) is 10.6. The number of fused-ring (bicyclic) bond motifs is 5. The summed E-state index contributed by atoms with van der Waals surface area (Å²) in [6, 6.07) is 0. The Kier molecular flexibility index (Phi) is 5.32. The largest absolute Gasteiger partial charge is 0.390 e. The number of carbonyl (C=O) groups excluding carboxylic acids is 1. The molecule has 2 nitrogen and oxygen atoms in total. The monoisotopic (exact) mass is 422 g/mol. The van der Waals surface area contributed by atoms with Gasteiger partial charge in [-0.15, -0.1) is 0 Å². The molecule has 4 heteroatoms. The predicted molar refractivity (Wildman–Crippen MR) is 115 cm³/mol. The number of Topliss-reactive ketones (excluding diaryl/α,β-unsaturated/α-hetero) is 1. The van der Waals surface area contributed by atoms with Crippen LogP contribution < -0.4 is 0 Å². The second kappa shape index (κ2) is 7.12. The zero-order valence-corrected chi connectivity index (χ0v) is 19.4. The Morgan fingerprint density at radius 3 is 2.53 bits per heavy atom. The van der Waals surface area contributed by atoms with Crippen LogP contribution in [0.4, 0.5) is 8.78 Å². The molecule has 0 bridgehead atoms. The average molecular weight is 423 g/mol. The smallest absolute Gasteiger partial charge is 0.305 e. The first-order valence-corrected chi connectivity index (χ1v) is 12.1. The van der Waals surface area contributed by atoms with E-state index in [0.29, 0.717) is 17.8 Å². The van der Waals surface area contributed by atoms with E-state index < -0.39 is 17.3 Å².